The third kappa shape index (κ3) is 2.68. The number of nitrogens with zero attached hydrogens (tertiary/aromatic N) is 1. The van der Waals surface area contributed by atoms with E-state index in [9.17, 15) is 4.79 Å². The van der Waals surface area contributed by atoms with Crippen LogP contribution in [0.2, 0.25) is 0 Å². The zero-order valence-electron chi connectivity index (χ0n) is 13.9. The van der Waals surface area contributed by atoms with Crippen LogP contribution in [-0.4, -0.2) is 49.3 Å². The van der Waals surface area contributed by atoms with Crippen LogP contribution in [0.15, 0.2) is 29.2 Å². The molecule has 0 aliphatic heterocycles. The van der Waals surface area contributed by atoms with Crippen LogP contribution in [0.4, 0.5) is 0 Å². The second-order valence-electron chi connectivity index (χ2n) is 6.03. The lowest BCUT2D eigenvalue weighted by Crippen LogP contribution is -2.49. The Labute approximate surface area is 131 Å². The molecule has 0 spiro atoms. The third-order valence-electron chi connectivity index (χ3n) is 4.48. The number of pyridine rings is 1. The van der Waals surface area contributed by atoms with Gasteiger partial charge in [-0.3, -0.25) is 9.36 Å². The Kier molecular flexibility index (Phi) is 4.65. The molecule has 0 radical (unpaired) electrons. The zero-order valence-corrected chi connectivity index (χ0v) is 13.9. The largest absolute Gasteiger partial charge is 0.285 e. The monoisotopic (exact) mass is 271 g/mol. The van der Waals surface area contributed by atoms with E-state index in [-0.39, 0.29) is 5.56 Å². The minimum absolute atomic E-state index is 0.0329. The van der Waals surface area contributed by atoms with Gasteiger partial charge in [-0.1, -0.05) is 28.0 Å². The minimum Gasteiger partial charge on any atom is -0.285 e. The van der Waals surface area contributed by atoms with Crippen molar-refractivity contribution < 1.29 is 0 Å². The summed E-state index contributed by atoms with van der Waals surface area (Å²) >= 11 is 0. The van der Waals surface area contributed by atoms with Crippen LogP contribution in [0.1, 0.15) is 11.1 Å². The van der Waals surface area contributed by atoms with Crippen LogP contribution >= 0.6 is 0 Å². The van der Waals surface area contributed by atoms with Crippen molar-refractivity contribution >= 4 is 61.1 Å². The van der Waals surface area contributed by atoms with Gasteiger partial charge in [0.15, 0.2) is 0 Å². The molecule has 0 aliphatic carbocycles. The van der Waals surface area contributed by atoms with E-state index in [1.165, 1.54) is 27.5 Å². The number of benzene rings is 1. The van der Waals surface area contributed by atoms with Gasteiger partial charge in [-0.2, -0.15) is 0 Å². The lowest BCUT2D eigenvalue weighted by Gasteiger charge is -2.25. The Balaban J connectivity index is 2.95. The molecule has 0 N–H and O–H groups in total. The minimum atomic E-state index is 0.0329. The van der Waals surface area contributed by atoms with E-state index in [0.29, 0.717) is 6.49 Å². The Bertz CT molecular complexity index is 740. The molecular formula is C13H19B6NO. The molecular weight excluding hydrogens is 251 g/mol. The predicted octanol–water partition coefficient (Wildman–Crippen LogP) is -4.72. The third-order valence-corrected chi connectivity index (χ3v) is 4.48. The standard InChI is InChI=1S/C13H19B6NO/c1-7-10(14)11(18-15)8(2)12(19(16)17)13(7)20-6-4-3-5-9(20)21/h3-6,18H,14-17H2,1-2H3. The first-order valence-electron chi connectivity index (χ1n) is 7.70. The topological polar surface area (TPSA) is 22.0 Å². The summed E-state index contributed by atoms with van der Waals surface area (Å²) in [5.41, 5.74) is 7.68. The molecule has 2 nitrogen and oxygen atoms in total. The molecule has 1 aromatic carbocycles. The molecule has 0 amide bonds. The molecule has 0 saturated heterocycles. The second-order valence-corrected chi connectivity index (χ2v) is 6.03. The van der Waals surface area contributed by atoms with Gasteiger partial charge in [0.25, 0.3) is 5.56 Å². The Morgan fingerprint density at radius 1 is 1.19 bits per heavy atom. The van der Waals surface area contributed by atoms with Gasteiger partial charge in [-0.05, 0) is 25.5 Å². The maximum Gasteiger partial charge on any atom is 0.255 e. The first-order chi connectivity index (χ1) is 9.90. The summed E-state index contributed by atoms with van der Waals surface area (Å²) in [5, 5.41) is 0. The Hall–Kier alpha value is -1.44. The Morgan fingerprint density at radius 2 is 1.86 bits per heavy atom. The fraction of sp³-hybridized carbons (Fsp3) is 0.154. The number of rotatable bonds is 3. The van der Waals surface area contributed by atoms with Crippen LogP contribution in [0.3, 0.4) is 0 Å². The lowest BCUT2D eigenvalue weighted by molar-refractivity contribution is 0.986. The summed E-state index contributed by atoms with van der Waals surface area (Å²) in [5.74, 6) is 0. The zero-order chi connectivity index (χ0) is 15.7. The van der Waals surface area contributed by atoms with Gasteiger partial charge in [0.2, 0.25) is 0 Å². The predicted molar refractivity (Wildman–Crippen MR) is 107 cm³/mol. The molecule has 0 aliphatic rings. The highest BCUT2D eigenvalue weighted by Gasteiger charge is 2.20. The number of aromatic nitrogens is 1. The highest BCUT2D eigenvalue weighted by molar-refractivity contribution is 7.35. The van der Waals surface area contributed by atoms with Gasteiger partial charge in [0, 0.05) is 18.0 Å². The molecule has 100 valence electrons. The molecule has 0 unspecified atom stereocenters. The first kappa shape index (κ1) is 15.9. The summed E-state index contributed by atoms with van der Waals surface area (Å²) in [6.07, 6.45) is 1.88. The maximum absolute atomic E-state index is 12.3. The van der Waals surface area contributed by atoms with Crippen molar-refractivity contribution in [3.63, 3.8) is 0 Å². The van der Waals surface area contributed by atoms with Gasteiger partial charge >= 0.3 is 0 Å². The van der Waals surface area contributed by atoms with Crippen LogP contribution in [0.5, 0.6) is 0 Å². The maximum atomic E-state index is 12.3. The SMILES string of the molecule is BBc1c(B)c(C)c(-n2ccccc2=O)c(B(B)B)c1C. The molecule has 0 bridgehead atoms. The molecule has 0 atom stereocenters. The fourth-order valence-electron chi connectivity index (χ4n) is 3.39. The van der Waals surface area contributed by atoms with E-state index in [0.717, 1.165) is 12.9 Å². The van der Waals surface area contributed by atoms with Crippen LogP contribution in [-0.2, 0) is 0 Å². The van der Waals surface area contributed by atoms with Crippen molar-refractivity contribution in [3.05, 3.63) is 45.9 Å². The molecule has 1 aromatic heterocycles. The second kappa shape index (κ2) is 6.13. The summed E-state index contributed by atoms with van der Waals surface area (Å²) in [7, 11) is 9.81. The molecule has 8 heteroatoms. The number of hydrogen-bond donors (Lipinski definition) is 0. The van der Waals surface area contributed by atoms with Crippen molar-refractivity contribution in [3.8, 4) is 5.69 Å². The molecule has 0 fully saturated rings. The van der Waals surface area contributed by atoms with Crippen molar-refractivity contribution in [2.75, 3.05) is 0 Å². The van der Waals surface area contributed by atoms with Gasteiger partial charge in [0.1, 0.15) is 21.5 Å². The normalized spacial score (nSPS) is 10.4. The fourth-order valence-corrected chi connectivity index (χ4v) is 3.39. The molecule has 0 saturated carbocycles. The van der Waals surface area contributed by atoms with E-state index in [4.69, 9.17) is 0 Å². The van der Waals surface area contributed by atoms with Crippen LogP contribution in [0.25, 0.3) is 5.69 Å². The van der Waals surface area contributed by atoms with Gasteiger partial charge in [-0.15, -0.1) is 0 Å². The van der Waals surface area contributed by atoms with Gasteiger partial charge < -0.3 is 0 Å². The molecule has 2 rings (SSSR count). The van der Waals surface area contributed by atoms with Gasteiger partial charge in [0.05, 0.1) is 23.2 Å². The summed E-state index contributed by atoms with van der Waals surface area (Å²) in [4.78, 5) is 12.3. The average molecular weight is 270 g/mol. The summed E-state index contributed by atoms with van der Waals surface area (Å²) < 4.78 is 1.80. The molecule has 21 heavy (non-hydrogen) atoms. The summed E-state index contributed by atoms with van der Waals surface area (Å²) in [6, 6.07) is 5.34. The van der Waals surface area contributed by atoms with E-state index in [2.05, 4.69) is 44.9 Å². The van der Waals surface area contributed by atoms with Crippen molar-refractivity contribution in [2.45, 2.75) is 13.8 Å². The van der Waals surface area contributed by atoms with Gasteiger partial charge in [-0.25, -0.2) is 0 Å². The highest BCUT2D eigenvalue weighted by Crippen LogP contribution is 2.09. The quantitative estimate of drug-likeness (QED) is 0.514. The first-order valence-corrected chi connectivity index (χ1v) is 7.70. The van der Waals surface area contributed by atoms with Crippen molar-refractivity contribution in [2.24, 2.45) is 0 Å². The molecule has 2 aromatic rings. The summed E-state index contributed by atoms with van der Waals surface area (Å²) in [6.45, 7) is 4.71. The van der Waals surface area contributed by atoms with Crippen molar-refractivity contribution in [1.29, 1.82) is 0 Å². The van der Waals surface area contributed by atoms with E-state index < -0.39 is 0 Å². The van der Waals surface area contributed by atoms with Crippen LogP contribution in [0, 0.1) is 13.8 Å². The smallest absolute Gasteiger partial charge is 0.255 e. The van der Waals surface area contributed by atoms with E-state index in [1.807, 2.05) is 12.3 Å². The van der Waals surface area contributed by atoms with Crippen molar-refractivity contribution in [1.82, 2.24) is 4.57 Å². The lowest BCUT2D eigenvalue weighted by atomic mass is 9.16. The van der Waals surface area contributed by atoms with E-state index in [1.54, 1.807) is 16.7 Å². The van der Waals surface area contributed by atoms with Crippen LogP contribution < -0.4 is 21.9 Å². The molecule has 1 heterocycles. The number of hydrogen-bond acceptors (Lipinski definition) is 1. The average Bonchev–Trinajstić information content (AvgIpc) is 2.43. The highest BCUT2D eigenvalue weighted by atomic mass is 16.1. The van der Waals surface area contributed by atoms with E-state index >= 15 is 0 Å². The Morgan fingerprint density at radius 3 is 2.38 bits per heavy atom.